The molecule has 114 valence electrons. The summed E-state index contributed by atoms with van der Waals surface area (Å²) in [6, 6.07) is 5.69. The van der Waals surface area contributed by atoms with Crippen LogP contribution in [-0.2, 0) is 9.53 Å². The number of nitrogens with one attached hydrogen (secondary N) is 1. The number of aryl methyl sites for hydroxylation is 1. The second kappa shape index (κ2) is 7.72. The van der Waals surface area contributed by atoms with Gasteiger partial charge in [0.15, 0.2) is 11.7 Å². The fraction of sp³-hybridized carbons (Fsp3) is 0.429. The summed E-state index contributed by atoms with van der Waals surface area (Å²) in [5.41, 5.74) is 1.12. The second-order valence-electron chi connectivity index (χ2n) is 4.68. The number of ether oxygens (including phenoxy) is 2. The molecule has 0 bridgehead atoms. The van der Waals surface area contributed by atoms with Crippen LogP contribution in [0, 0.1) is 6.92 Å². The van der Waals surface area contributed by atoms with E-state index in [9.17, 15) is 4.79 Å². The lowest BCUT2D eigenvalue weighted by Gasteiger charge is -2.28. The Balaban J connectivity index is 1.80. The summed E-state index contributed by atoms with van der Waals surface area (Å²) < 4.78 is 11.5. The fourth-order valence-electron chi connectivity index (χ4n) is 1.87. The molecule has 0 atom stereocenters. The first-order valence-corrected chi connectivity index (χ1v) is 7.82. The van der Waals surface area contributed by atoms with Crippen molar-refractivity contribution >= 4 is 39.2 Å². The van der Waals surface area contributed by atoms with E-state index in [1.807, 2.05) is 30.0 Å². The van der Waals surface area contributed by atoms with Crippen molar-refractivity contribution in [3.05, 3.63) is 28.2 Å². The Morgan fingerprint density at radius 3 is 2.86 bits per heavy atom. The lowest BCUT2D eigenvalue weighted by atomic mass is 10.2. The maximum absolute atomic E-state index is 11.9. The van der Waals surface area contributed by atoms with Gasteiger partial charge in [0.25, 0.3) is 5.91 Å². The predicted octanol–water partition coefficient (Wildman–Crippen LogP) is 1.87. The van der Waals surface area contributed by atoms with Crippen LogP contribution in [-0.4, -0.2) is 48.8 Å². The van der Waals surface area contributed by atoms with Gasteiger partial charge in [0, 0.05) is 13.1 Å². The Morgan fingerprint density at radius 2 is 2.19 bits per heavy atom. The second-order valence-corrected chi connectivity index (χ2v) is 5.92. The first kappa shape index (κ1) is 16.2. The molecule has 1 aromatic carbocycles. The smallest absolute Gasteiger partial charge is 0.264 e. The molecule has 5 nitrogen and oxygen atoms in total. The van der Waals surface area contributed by atoms with E-state index >= 15 is 0 Å². The molecule has 1 saturated heterocycles. The lowest BCUT2D eigenvalue weighted by molar-refractivity contribution is -0.121. The topological polar surface area (TPSA) is 50.8 Å². The minimum atomic E-state index is -0.265. The molecule has 0 unspecified atom stereocenters. The predicted molar refractivity (Wildman–Crippen MR) is 87.5 cm³/mol. The van der Waals surface area contributed by atoms with Crippen LogP contribution in [0.15, 0.2) is 22.7 Å². The molecule has 0 spiro atoms. The Bertz CT molecular complexity index is 533. The molecular weight excluding hydrogens is 356 g/mol. The average Bonchev–Trinajstić information content (AvgIpc) is 2.47. The van der Waals surface area contributed by atoms with Gasteiger partial charge in [0.05, 0.1) is 17.7 Å². The minimum absolute atomic E-state index is 0.0772. The van der Waals surface area contributed by atoms with E-state index < -0.39 is 0 Å². The van der Waals surface area contributed by atoms with Crippen molar-refractivity contribution in [2.45, 2.75) is 6.92 Å². The van der Waals surface area contributed by atoms with Crippen molar-refractivity contribution in [3.8, 4) is 5.75 Å². The van der Waals surface area contributed by atoms with E-state index in [-0.39, 0.29) is 12.5 Å². The quantitative estimate of drug-likeness (QED) is 0.820. The molecule has 0 saturated carbocycles. The molecule has 0 aromatic heterocycles. The minimum Gasteiger partial charge on any atom is -0.483 e. The summed E-state index contributed by atoms with van der Waals surface area (Å²) >= 11 is 8.60. The highest BCUT2D eigenvalue weighted by Crippen LogP contribution is 2.25. The van der Waals surface area contributed by atoms with E-state index in [2.05, 4.69) is 21.2 Å². The van der Waals surface area contributed by atoms with Gasteiger partial charge in [-0.05, 0) is 52.8 Å². The van der Waals surface area contributed by atoms with Gasteiger partial charge < -0.3 is 19.7 Å². The van der Waals surface area contributed by atoms with Crippen LogP contribution >= 0.6 is 28.1 Å². The third-order valence-corrected chi connectivity index (χ3v) is 3.97. The van der Waals surface area contributed by atoms with Gasteiger partial charge in [-0.1, -0.05) is 6.07 Å². The highest BCUT2D eigenvalue weighted by Gasteiger charge is 2.16. The van der Waals surface area contributed by atoms with Gasteiger partial charge in [-0.3, -0.25) is 4.79 Å². The van der Waals surface area contributed by atoms with Crippen LogP contribution in [0.1, 0.15) is 5.56 Å². The van der Waals surface area contributed by atoms with Crippen molar-refractivity contribution in [1.29, 1.82) is 0 Å². The zero-order chi connectivity index (χ0) is 15.2. The Morgan fingerprint density at radius 1 is 1.48 bits per heavy atom. The summed E-state index contributed by atoms with van der Waals surface area (Å²) in [5.74, 6) is 0.368. The SMILES string of the molecule is Cc1ccc(OCC(=O)NC(=S)N2CCOCC2)c(Br)c1. The summed E-state index contributed by atoms with van der Waals surface area (Å²) in [7, 11) is 0. The molecule has 0 radical (unpaired) electrons. The van der Waals surface area contributed by atoms with Crippen molar-refractivity contribution in [1.82, 2.24) is 10.2 Å². The van der Waals surface area contributed by atoms with E-state index in [4.69, 9.17) is 21.7 Å². The number of carbonyl (C=O) groups is 1. The molecule has 1 amide bonds. The van der Waals surface area contributed by atoms with Crippen LogP contribution in [0.4, 0.5) is 0 Å². The third-order valence-electron chi connectivity index (χ3n) is 2.99. The molecule has 1 aliphatic heterocycles. The largest absolute Gasteiger partial charge is 0.483 e. The highest BCUT2D eigenvalue weighted by molar-refractivity contribution is 9.10. The molecule has 1 heterocycles. The van der Waals surface area contributed by atoms with Gasteiger partial charge in [0.2, 0.25) is 0 Å². The molecule has 7 heteroatoms. The van der Waals surface area contributed by atoms with Crippen molar-refractivity contribution in [2.24, 2.45) is 0 Å². The highest BCUT2D eigenvalue weighted by atomic mass is 79.9. The Labute approximate surface area is 137 Å². The maximum Gasteiger partial charge on any atom is 0.264 e. The van der Waals surface area contributed by atoms with Crippen LogP contribution in [0.5, 0.6) is 5.75 Å². The molecule has 0 aliphatic carbocycles. The van der Waals surface area contributed by atoms with Gasteiger partial charge in [0.1, 0.15) is 5.75 Å². The normalized spacial score (nSPS) is 14.7. The van der Waals surface area contributed by atoms with E-state index in [0.29, 0.717) is 37.2 Å². The third kappa shape index (κ3) is 4.94. The van der Waals surface area contributed by atoms with E-state index in [1.165, 1.54) is 0 Å². The van der Waals surface area contributed by atoms with Gasteiger partial charge in [-0.25, -0.2) is 0 Å². The monoisotopic (exact) mass is 372 g/mol. The number of morpholine rings is 1. The summed E-state index contributed by atoms with van der Waals surface area (Å²) in [6.07, 6.45) is 0. The molecule has 21 heavy (non-hydrogen) atoms. The number of hydrogen-bond acceptors (Lipinski definition) is 4. The fourth-order valence-corrected chi connectivity index (χ4v) is 2.77. The number of rotatable bonds is 3. The number of halogens is 1. The summed E-state index contributed by atoms with van der Waals surface area (Å²) in [4.78, 5) is 13.8. The molecular formula is C14H17BrN2O3S. The van der Waals surface area contributed by atoms with E-state index in [1.54, 1.807) is 0 Å². The van der Waals surface area contributed by atoms with Crippen molar-refractivity contribution in [3.63, 3.8) is 0 Å². The van der Waals surface area contributed by atoms with Crippen LogP contribution in [0.3, 0.4) is 0 Å². The van der Waals surface area contributed by atoms with Crippen LogP contribution in [0.2, 0.25) is 0 Å². The lowest BCUT2D eigenvalue weighted by Crippen LogP contribution is -2.48. The number of carbonyl (C=O) groups excluding carboxylic acids is 1. The summed E-state index contributed by atoms with van der Waals surface area (Å²) in [6.45, 7) is 4.56. The standard InChI is InChI=1S/C14H17BrN2O3S/c1-10-2-3-12(11(15)8-10)20-9-13(18)16-14(21)17-4-6-19-7-5-17/h2-3,8H,4-7,9H2,1H3,(H,16,18,21). The van der Waals surface area contributed by atoms with E-state index in [0.717, 1.165) is 10.0 Å². The molecule has 1 aromatic rings. The van der Waals surface area contributed by atoms with Crippen molar-refractivity contribution < 1.29 is 14.3 Å². The number of amides is 1. The van der Waals surface area contributed by atoms with Crippen molar-refractivity contribution in [2.75, 3.05) is 32.9 Å². The molecule has 1 fully saturated rings. The zero-order valence-electron chi connectivity index (χ0n) is 11.7. The molecule has 1 aliphatic rings. The van der Waals surface area contributed by atoms with Gasteiger partial charge in [-0.15, -0.1) is 0 Å². The zero-order valence-corrected chi connectivity index (χ0v) is 14.1. The molecule has 2 rings (SSSR count). The molecule has 1 N–H and O–H groups in total. The first-order chi connectivity index (χ1) is 10.1. The van der Waals surface area contributed by atoms with Gasteiger partial charge >= 0.3 is 0 Å². The summed E-state index contributed by atoms with van der Waals surface area (Å²) in [5, 5.41) is 3.10. The first-order valence-electron chi connectivity index (χ1n) is 6.62. The van der Waals surface area contributed by atoms with Crippen LogP contribution < -0.4 is 10.1 Å². The maximum atomic E-state index is 11.9. The number of nitrogens with zero attached hydrogens (tertiary/aromatic N) is 1. The van der Waals surface area contributed by atoms with Crippen LogP contribution in [0.25, 0.3) is 0 Å². The number of thiocarbonyl (C=S) groups is 1. The average molecular weight is 373 g/mol. The number of benzene rings is 1. The Hall–Kier alpha value is -1.18. The Kier molecular flexibility index (Phi) is 5.96. The van der Waals surface area contributed by atoms with Gasteiger partial charge in [-0.2, -0.15) is 0 Å². The number of hydrogen-bond donors (Lipinski definition) is 1.